The number of thioether (sulfide) groups is 1. The molecule has 0 aliphatic carbocycles. The van der Waals surface area contributed by atoms with Gasteiger partial charge in [0.25, 0.3) is 0 Å². The van der Waals surface area contributed by atoms with Crippen molar-refractivity contribution < 1.29 is 13.2 Å². The Morgan fingerprint density at radius 1 is 1.44 bits per heavy atom. The molecule has 0 aliphatic rings. The highest BCUT2D eigenvalue weighted by Crippen LogP contribution is 2.24. The molecule has 0 spiro atoms. The van der Waals surface area contributed by atoms with Crippen molar-refractivity contribution in [1.82, 2.24) is 4.72 Å². The van der Waals surface area contributed by atoms with Gasteiger partial charge in [0.05, 0.1) is 7.11 Å². The fourth-order valence-electron chi connectivity index (χ4n) is 1.41. The highest BCUT2D eigenvalue weighted by molar-refractivity contribution is 7.98. The number of rotatable bonds is 7. The number of sulfonamides is 1. The lowest BCUT2D eigenvalue weighted by Crippen LogP contribution is -2.26. The van der Waals surface area contributed by atoms with Crippen molar-refractivity contribution >= 4 is 21.8 Å². The summed E-state index contributed by atoms with van der Waals surface area (Å²) in [6.45, 7) is 0.677. The summed E-state index contributed by atoms with van der Waals surface area (Å²) >= 11 is 1.58. The minimum Gasteiger partial charge on any atom is -0.495 e. The van der Waals surface area contributed by atoms with E-state index in [1.165, 1.54) is 7.11 Å². The van der Waals surface area contributed by atoms with Crippen LogP contribution in [0.25, 0.3) is 0 Å². The molecular weight excluding hydrogens is 272 g/mol. The van der Waals surface area contributed by atoms with Crippen molar-refractivity contribution in [3.63, 3.8) is 0 Å². The first-order chi connectivity index (χ1) is 8.55. The van der Waals surface area contributed by atoms with E-state index < -0.39 is 10.0 Å². The number of ether oxygens (including phenoxy) is 1. The number of nitrogens with one attached hydrogen (secondary N) is 1. The van der Waals surface area contributed by atoms with Gasteiger partial charge in [-0.2, -0.15) is 11.8 Å². The van der Waals surface area contributed by atoms with Crippen LogP contribution in [-0.4, -0.2) is 34.1 Å². The largest absolute Gasteiger partial charge is 0.495 e. The molecule has 0 saturated carbocycles. The predicted molar refractivity (Wildman–Crippen MR) is 74.5 cm³/mol. The van der Waals surface area contributed by atoms with Crippen molar-refractivity contribution in [2.24, 2.45) is 5.73 Å². The van der Waals surface area contributed by atoms with Gasteiger partial charge in [-0.1, -0.05) is 6.07 Å². The number of hydrogen-bond acceptors (Lipinski definition) is 5. The first-order valence-electron chi connectivity index (χ1n) is 5.40. The van der Waals surface area contributed by atoms with E-state index in [1.54, 1.807) is 30.0 Å². The normalized spacial score (nSPS) is 11.5. The van der Waals surface area contributed by atoms with Gasteiger partial charge in [-0.05, 0) is 24.0 Å². The van der Waals surface area contributed by atoms with Gasteiger partial charge < -0.3 is 10.5 Å². The average molecular weight is 290 g/mol. The van der Waals surface area contributed by atoms with Crippen LogP contribution < -0.4 is 15.2 Å². The maximum Gasteiger partial charge on any atom is 0.244 e. The molecule has 102 valence electrons. The van der Waals surface area contributed by atoms with Crippen molar-refractivity contribution in [1.29, 1.82) is 0 Å². The van der Waals surface area contributed by atoms with Gasteiger partial charge in [-0.25, -0.2) is 13.1 Å². The maximum atomic E-state index is 12.1. The third-order valence-corrected chi connectivity index (χ3v) is 4.45. The molecule has 0 amide bonds. The Morgan fingerprint density at radius 3 is 2.72 bits per heavy atom. The van der Waals surface area contributed by atoms with E-state index in [0.717, 1.165) is 11.3 Å². The zero-order chi connectivity index (χ0) is 13.6. The fraction of sp³-hybridized carbons (Fsp3) is 0.455. The number of methoxy groups -OCH3 is 1. The molecule has 7 heteroatoms. The molecule has 5 nitrogen and oxygen atoms in total. The van der Waals surface area contributed by atoms with E-state index in [-0.39, 0.29) is 11.4 Å². The number of nitrogens with two attached hydrogens (primary N) is 1. The van der Waals surface area contributed by atoms with Crippen molar-refractivity contribution in [3.8, 4) is 5.75 Å². The molecule has 0 saturated heterocycles. The van der Waals surface area contributed by atoms with Crippen LogP contribution >= 0.6 is 11.8 Å². The van der Waals surface area contributed by atoms with Gasteiger partial charge >= 0.3 is 0 Å². The molecule has 0 atom stereocenters. The van der Waals surface area contributed by atoms with Crippen LogP contribution in [0.15, 0.2) is 23.1 Å². The van der Waals surface area contributed by atoms with Crippen LogP contribution in [0.1, 0.15) is 5.56 Å². The average Bonchev–Trinajstić information content (AvgIpc) is 2.38. The van der Waals surface area contributed by atoms with E-state index in [2.05, 4.69) is 4.72 Å². The summed E-state index contributed by atoms with van der Waals surface area (Å²) in [6, 6.07) is 4.91. The van der Waals surface area contributed by atoms with E-state index >= 15 is 0 Å². The second kappa shape index (κ2) is 6.98. The van der Waals surface area contributed by atoms with Gasteiger partial charge in [0.15, 0.2) is 0 Å². The highest BCUT2D eigenvalue weighted by Gasteiger charge is 2.19. The van der Waals surface area contributed by atoms with E-state index in [0.29, 0.717) is 12.3 Å². The zero-order valence-corrected chi connectivity index (χ0v) is 12.1. The topological polar surface area (TPSA) is 81.4 Å². The Balaban J connectivity index is 3.05. The van der Waals surface area contributed by atoms with Crippen LogP contribution in [0, 0.1) is 0 Å². The molecule has 0 aromatic heterocycles. The standard InChI is InChI=1S/C11H18N2O3S2/c1-16-10-4-3-9(8-12)7-11(10)18(14,15)13-5-6-17-2/h3-4,7,13H,5-6,8,12H2,1-2H3. The van der Waals surface area contributed by atoms with Crippen LogP contribution in [0.5, 0.6) is 5.75 Å². The second-order valence-electron chi connectivity index (χ2n) is 3.58. The molecule has 0 unspecified atom stereocenters. The van der Waals surface area contributed by atoms with Crippen LogP contribution in [0.3, 0.4) is 0 Å². The molecule has 1 aromatic rings. The van der Waals surface area contributed by atoms with Crippen LogP contribution in [-0.2, 0) is 16.6 Å². The Labute approximate surface area is 112 Å². The number of benzene rings is 1. The SMILES string of the molecule is COc1ccc(CN)cc1S(=O)(=O)NCCSC. The quantitative estimate of drug-likeness (QED) is 0.726. The molecule has 3 N–H and O–H groups in total. The summed E-state index contributed by atoms with van der Waals surface area (Å²) in [7, 11) is -2.11. The Kier molecular flexibility index (Phi) is 5.94. The minimum atomic E-state index is -3.55. The maximum absolute atomic E-state index is 12.1. The van der Waals surface area contributed by atoms with Gasteiger partial charge in [-0.3, -0.25) is 0 Å². The fourth-order valence-corrected chi connectivity index (χ4v) is 3.10. The predicted octanol–water partition coefficient (Wildman–Crippen LogP) is 0.795. The van der Waals surface area contributed by atoms with Gasteiger partial charge in [0.1, 0.15) is 10.6 Å². The molecule has 0 radical (unpaired) electrons. The lowest BCUT2D eigenvalue weighted by atomic mass is 10.2. The monoisotopic (exact) mass is 290 g/mol. The van der Waals surface area contributed by atoms with E-state index in [9.17, 15) is 8.42 Å². The first-order valence-corrected chi connectivity index (χ1v) is 8.28. The van der Waals surface area contributed by atoms with Gasteiger partial charge in [0, 0.05) is 18.8 Å². The summed E-state index contributed by atoms with van der Waals surface area (Å²) < 4.78 is 31.8. The smallest absolute Gasteiger partial charge is 0.244 e. The Hall–Kier alpha value is -0.760. The summed E-state index contributed by atoms with van der Waals surface area (Å²) in [4.78, 5) is 0.133. The summed E-state index contributed by atoms with van der Waals surface area (Å²) in [5, 5.41) is 0. The lowest BCUT2D eigenvalue weighted by Gasteiger charge is -2.11. The van der Waals surface area contributed by atoms with Gasteiger partial charge in [-0.15, -0.1) is 0 Å². The molecule has 0 heterocycles. The third-order valence-electron chi connectivity index (χ3n) is 2.35. The number of hydrogen-bond donors (Lipinski definition) is 2. The summed E-state index contributed by atoms with van der Waals surface area (Å²) in [6.07, 6.45) is 1.92. The van der Waals surface area contributed by atoms with Gasteiger partial charge in [0.2, 0.25) is 10.0 Å². The summed E-state index contributed by atoms with van der Waals surface area (Å²) in [5.74, 6) is 1.04. The molecule has 0 fully saturated rings. The minimum absolute atomic E-state index is 0.133. The van der Waals surface area contributed by atoms with Crippen LogP contribution in [0.2, 0.25) is 0 Å². The first kappa shape index (κ1) is 15.3. The van der Waals surface area contributed by atoms with Crippen molar-refractivity contribution in [2.45, 2.75) is 11.4 Å². The molecule has 1 aromatic carbocycles. The van der Waals surface area contributed by atoms with Crippen molar-refractivity contribution in [3.05, 3.63) is 23.8 Å². The zero-order valence-electron chi connectivity index (χ0n) is 10.5. The molecule has 18 heavy (non-hydrogen) atoms. The van der Waals surface area contributed by atoms with Crippen molar-refractivity contribution in [2.75, 3.05) is 25.7 Å². The Bertz CT molecular complexity index is 489. The highest BCUT2D eigenvalue weighted by atomic mass is 32.2. The Morgan fingerprint density at radius 2 is 2.17 bits per heavy atom. The summed E-state index contributed by atoms with van der Waals surface area (Å²) in [5.41, 5.74) is 6.27. The lowest BCUT2D eigenvalue weighted by molar-refractivity contribution is 0.402. The molecule has 0 bridgehead atoms. The molecule has 1 rings (SSSR count). The van der Waals surface area contributed by atoms with Crippen LogP contribution in [0.4, 0.5) is 0 Å². The second-order valence-corrected chi connectivity index (χ2v) is 6.30. The van der Waals surface area contributed by atoms with E-state index in [4.69, 9.17) is 10.5 Å². The third kappa shape index (κ3) is 3.88. The van der Waals surface area contributed by atoms with E-state index in [1.807, 2.05) is 6.26 Å². The molecular formula is C11H18N2O3S2. The molecule has 0 aliphatic heterocycles.